The van der Waals surface area contributed by atoms with Gasteiger partial charge in [-0.3, -0.25) is 4.90 Å². The van der Waals surface area contributed by atoms with E-state index >= 15 is 0 Å². The Labute approximate surface area is 172 Å². The fourth-order valence-electron chi connectivity index (χ4n) is 5.38. The summed E-state index contributed by atoms with van der Waals surface area (Å²) in [7, 11) is 0. The lowest BCUT2D eigenvalue weighted by molar-refractivity contribution is -0.166. The van der Waals surface area contributed by atoms with Gasteiger partial charge in [0, 0.05) is 11.3 Å². The summed E-state index contributed by atoms with van der Waals surface area (Å²) in [5.41, 5.74) is 0.105. The fourth-order valence-corrected chi connectivity index (χ4v) is 6.38. The molecular weight excluding hydrogens is 407 g/mol. The summed E-state index contributed by atoms with van der Waals surface area (Å²) >= 11 is 1.58. The van der Waals surface area contributed by atoms with Gasteiger partial charge >= 0.3 is 6.18 Å². The molecule has 10 heteroatoms. The number of nitrogens with zero attached hydrogens (tertiary/aromatic N) is 2. The van der Waals surface area contributed by atoms with Crippen molar-refractivity contribution in [2.45, 2.75) is 69.1 Å². The number of fused-ring (bicyclic) bond motifs is 1. The van der Waals surface area contributed by atoms with Crippen LogP contribution in [0.25, 0.3) is 0 Å². The van der Waals surface area contributed by atoms with Crippen LogP contribution in [0.4, 0.5) is 13.2 Å². The van der Waals surface area contributed by atoms with Crippen LogP contribution < -0.4 is 5.32 Å². The Morgan fingerprint density at radius 1 is 1.24 bits per heavy atom. The highest BCUT2D eigenvalue weighted by molar-refractivity contribution is 8.00. The lowest BCUT2D eigenvalue weighted by Gasteiger charge is -2.43. The van der Waals surface area contributed by atoms with E-state index in [2.05, 4.69) is 31.1 Å². The molecule has 2 saturated carbocycles. The zero-order valence-electron chi connectivity index (χ0n) is 16.5. The van der Waals surface area contributed by atoms with Crippen molar-refractivity contribution in [3.8, 4) is 0 Å². The Morgan fingerprint density at radius 2 is 1.93 bits per heavy atom. The quantitative estimate of drug-likeness (QED) is 0.495. The van der Waals surface area contributed by atoms with Crippen LogP contribution in [0.15, 0.2) is 16.8 Å². The van der Waals surface area contributed by atoms with Crippen LogP contribution in [0, 0.1) is 29.6 Å². The topological polar surface area (TPSA) is 88.3 Å². The largest absolute Gasteiger partial charge is 0.449 e. The molecule has 29 heavy (non-hydrogen) atoms. The van der Waals surface area contributed by atoms with Gasteiger partial charge in [-0.2, -0.15) is 13.2 Å². The Balaban J connectivity index is 1.53. The van der Waals surface area contributed by atoms with Crippen LogP contribution in [-0.2, 0) is 0 Å². The molecule has 8 atom stereocenters. The summed E-state index contributed by atoms with van der Waals surface area (Å²) < 4.78 is 39.0. The van der Waals surface area contributed by atoms with Crippen molar-refractivity contribution in [3.63, 3.8) is 0 Å². The van der Waals surface area contributed by atoms with E-state index in [0.29, 0.717) is 27.7 Å². The van der Waals surface area contributed by atoms with Gasteiger partial charge in [0.05, 0.1) is 5.70 Å². The van der Waals surface area contributed by atoms with Crippen molar-refractivity contribution in [2.24, 2.45) is 34.6 Å². The molecule has 2 aliphatic carbocycles. The lowest BCUT2D eigenvalue weighted by Crippen LogP contribution is -2.61. The van der Waals surface area contributed by atoms with E-state index in [-0.39, 0.29) is 23.8 Å². The summed E-state index contributed by atoms with van der Waals surface area (Å²) in [6, 6.07) is 0.143. The summed E-state index contributed by atoms with van der Waals surface area (Å²) in [5, 5.41) is 33.2. The van der Waals surface area contributed by atoms with Gasteiger partial charge in [0.15, 0.2) is 6.17 Å². The first-order valence-electron chi connectivity index (χ1n) is 10.1. The van der Waals surface area contributed by atoms with Crippen molar-refractivity contribution in [1.82, 2.24) is 10.2 Å². The van der Waals surface area contributed by atoms with E-state index in [1.54, 1.807) is 11.8 Å². The minimum atomic E-state index is -4.73. The molecule has 4 rings (SSSR count). The Bertz CT molecular complexity index is 715. The molecule has 5 unspecified atom stereocenters. The van der Waals surface area contributed by atoms with Crippen LogP contribution in [0.5, 0.6) is 0 Å². The molecule has 2 aliphatic heterocycles. The highest BCUT2D eigenvalue weighted by Gasteiger charge is 2.61. The first-order chi connectivity index (χ1) is 13.5. The molecule has 0 aromatic heterocycles. The molecule has 0 amide bonds. The van der Waals surface area contributed by atoms with Crippen LogP contribution >= 0.6 is 11.8 Å². The normalized spacial score (nSPS) is 39.8. The average molecular weight is 436 g/mol. The predicted molar refractivity (Wildman–Crippen MR) is 103 cm³/mol. The van der Waals surface area contributed by atoms with Crippen LogP contribution in [-0.4, -0.2) is 61.5 Å². The summed E-state index contributed by atoms with van der Waals surface area (Å²) in [6.45, 7) is 6.26. The molecule has 2 heterocycles. The van der Waals surface area contributed by atoms with Gasteiger partial charge in [-0.1, -0.05) is 26.8 Å². The number of hydrogen-bond donors (Lipinski definition) is 4. The molecule has 0 spiro atoms. The smallest absolute Gasteiger partial charge is 0.382 e. The minimum absolute atomic E-state index is 0.143. The molecule has 2 fully saturated rings. The van der Waals surface area contributed by atoms with Gasteiger partial charge in [-0.15, -0.1) is 11.8 Å². The number of aliphatic hydroxyl groups excluding tert-OH is 2. The van der Waals surface area contributed by atoms with Crippen molar-refractivity contribution in [2.75, 3.05) is 0 Å². The van der Waals surface area contributed by atoms with E-state index in [1.807, 2.05) is 6.08 Å². The van der Waals surface area contributed by atoms with E-state index < -0.39 is 30.0 Å². The number of thioether (sulfide) groups is 1. The molecule has 0 bridgehead atoms. The molecule has 0 radical (unpaired) electrons. The maximum atomic E-state index is 13.0. The Hall–Kier alpha value is -0.970. The van der Waals surface area contributed by atoms with Gasteiger partial charge in [0.25, 0.3) is 0 Å². The maximum Gasteiger partial charge on any atom is 0.449 e. The number of nitrogens with one attached hydrogen (secondary N) is 1. The van der Waals surface area contributed by atoms with Crippen LogP contribution in [0.3, 0.4) is 0 Å². The summed E-state index contributed by atoms with van der Waals surface area (Å²) in [5.74, 6) is 0.174. The minimum Gasteiger partial charge on any atom is -0.382 e. The van der Waals surface area contributed by atoms with E-state index in [9.17, 15) is 28.5 Å². The molecule has 0 aromatic carbocycles. The Kier molecular flexibility index (Phi) is 5.37. The number of allylic oxidation sites excluding steroid dienone is 1. The SMILES string of the molecule is CC(C)S[C@@H](O)C1CC2C3NC(C4N=C(C(F)(F)F)N4C(O)O)=C[C@H](C23)[C@@H](C)C1. The number of aliphatic hydroxyl groups is 3. The van der Waals surface area contributed by atoms with Gasteiger partial charge in [0.1, 0.15) is 5.44 Å². The number of amidine groups is 1. The third-order valence-corrected chi connectivity index (χ3v) is 7.84. The first kappa shape index (κ1) is 21.3. The molecule has 0 aromatic rings. The highest BCUT2D eigenvalue weighted by atomic mass is 32.2. The van der Waals surface area contributed by atoms with Gasteiger partial charge in [-0.25, -0.2) is 4.99 Å². The van der Waals surface area contributed by atoms with Crippen LogP contribution in [0.1, 0.15) is 33.6 Å². The van der Waals surface area contributed by atoms with Gasteiger partial charge < -0.3 is 20.6 Å². The Morgan fingerprint density at radius 3 is 2.52 bits per heavy atom. The zero-order valence-corrected chi connectivity index (χ0v) is 17.4. The monoisotopic (exact) mass is 435 g/mol. The van der Waals surface area contributed by atoms with E-state index in [4.69, 9.17) is 0 Å². The molecule has 164 valence electrons. The van der Waals surface area contributed by atoms with Crippen LogP contribution in [0.2, 0.25) is 0 Å². The third-order valence-electron chi connectivity index (χ3n) is 6.63. The molecule has 4 aliphatic rings. The molecule has 4 N–H and O–H groups in total. The van der Waals surface area contributed by atoms with E-state index in [1.165, 1.54) is 0 Å². The maximum absolute atomic E-state index is 13.0. The average Bonchev–Trinajstić information content (AvgIpc) is 3.24. The molecule has 6 nitrogen and oxygen atoms in total. The first-order valence-corrected chi connectivity index (χ1v) is 11.0. The number of rotatable bonds is 5. The summed E-state index contributed by atoms with van der Waals surface area (Å²) in [6.07, 6.45) is -4.35. The number of halogens is 3. The van der Waals surface area contributed by atoms with Crippen molar-refractivity contribution < 1.29 is 28.5 Å². The number of aliphatic imine (C=N–C) groups is 1. The van der Waals surface area contributed by atoms with Crippen molar-refractivity contribution >= 4 is 17.6 Å². The highest BCUT2D eigenvalue weighted by Crippen LogP contribution is 2.58. The second-order valence-electron chi connectivity index (χ2n) is 8.97. The van der Waals surface area contributed by atoms with Crippen molar-refractivity contribution in [3.05, 3.63) is 11.8 Å². The fraction of sp³-hybridized carbons (Fsp3) is 0.842. The second kappa shape index (κ2) is 7.32. The van der Waals surface area contributed by atoms with Crippen molar-refractivity contribution in [1.29, 1.82) is 0 Å². The van der Waals surface area contributed by atoms with Gasteiger partial charge in [-0.05, 0) is 42.4 Å². The summed E-state index contributed by atoms with van der Waals surface area (Å²) in [4.78, 5) is 4.13. The van der Waals surface area contributed by atoms with Gasteiger partial charge in [0.2, 0.25) is 12.2 Å². The zero-order chi connectivity index (χ0) is 21.2. The second-order valence-corrected chi connectivity index (χ2v) is 10.7. The van der Waals surface area contributed by atoms with E-state index in [0.717, 1.165) is 12.8 Å². The molecular formula is C19H28F3N3O3S. The predicted octanol–water partition coefficient (Wildman–Crippen LogP) is 2.08. The molecule has 0 saturated heterocycles. The standard InChI is InChI=1S/C19H28F3N3O3S/c1-7(2)29-16(26)9-4-8(3)10-6-12(23-14-11(5-9)13(10)14)15-24-17(19(20,21)22)25(15)18(27)28/h6-11,13-16,18,23,26-28H,4-5H2,1-3H3/t8-,9?,10-,11?,13?,14?,15?,16+/m0/s1. The lowest BCUT2D eigenvalue weighted by atomic mass is 9.82. The number of alkyl halides is 3. The number of hydrogen-bond acceptors (Lipinski definition) is 7. The third kappa shape index (κ3) is 3.77.